The molecule has 8 heteroatoms. The molecule has 0 bridgehead atoms. The van der Waals surface area contributed by atoms with Crippen molar-refractivity contribution in [1.82, 2.24) is 20.9 Å². The molecule has 0 aromatic carbocycles. The molecule has 0 aromatic rings. The van der Waals surface area contributed by atoms with Crippen LogP contribution in [0.2, 0.25) is 0 Å². The third kappa shape index (κ3) is 3.32. The van der Waals surface area contributed by atoms with Crippen LogP contribution in [0.4, 0.5) is 0 Å². The molecule has 0 saturated carbocycles. The first-order chi connectivity index (χ1) is 9.90. The normalized spacial score (nSPS) is 25.6. The lowest BCUT2D eigenvalue weighted by Gasteiger charge is -2.30. The van der Waals surface area contributed by atoms with Gasteiger partial charge in [0.1, 0.15) is 6.04 Å². The van der Waals surface area contributed by atoms with Gasteiger partial charge in [0.15, 0.2) is 6.04 Å². The lowest BCUT2D eigenvalue weighted by atomic mass is 10.1. The Balaban J connectivity index is 2.08. The van der Waals surface area contributed by atoms with Gasteiger partial charge in [-0.05, 0) is 26.7 Å². The fourth-order valence-corrected chi connectivity index (χ4v) is 2.57. The standard InChI is InChI=1S/C13H20N4O4/c1-7(2)15-11(19)8-4-3-5-17(8)13(21)10-12(20)14-6-9(18)16-10/h7-8,10H,3-6H2,1-2H3,(H,14,20)(H,15,19)(H,16,18)/t8-,10+/m0/s1. The van der Waals surface area contributed by atoms with Gasteiger partial charge in [0.05, 0.1) is 6.54 Å². The SMILES string of the molecule is CC(C)NC(=O)[C@@H]1CCCN1C(=O)[C@@H]1NC(=O)CNC1=O. The van der Waals surface area contributed by atoms with E-state index in [1.54, 1.807) is 0 Å². The summed E-state index contributed by atoms with van der Waals surface area (Å²) in [7, 11) is 0. The molecule has 4 amide bonds. The molecule has 2 atom stereocenters. The third-order valence-corrected chi connectivity index (χ3v) is 3.51. The molecule has 2 rings (SSSR count). The number of carbonyl (C=O) groups is 4. The van der Waals surface area contributed by atoms with Crippen molar-refractivity contribution >= 4 is 23.6 Å². The fraction of sp³-hybridized carbons (Fsp3) is 0.692. The summed E-state index contributed by atoms with van der Waals surface area (Å²) in [5.74, 6) is -1.69. The Morgan fingerprint density at radius 3 is 2.71 bits per heavy atom. The zero-order chi connectivity index (χ0) is 15.6. The maximum Gasteiger partial charge on any atom is 0.255 e. The molecule has 116 valence electrons. The van der Waals surface area contributed by atoms with E-state index in [0.29, 0.717) is 19.4 Å². The van der Waals surface area contributed by atoms with Gasteiger partial charge in [-0.15, -0.1) is 0 Å². The minimum atomic E-state index is -1.24. The number of hydrogen-bond donors (Lipinski definition) is 3. The van der Waals surface area contributed by atoms with Gasteiger partial charge in [-0.25, -0.2) is 0 Å². The number of piperazine rings is 1. The number of nitrogens with zero attached hydrogens (tertiary/aromatic N) is 1. The molecule has 2 saturated heterocycles. The number of amides is 4. The molecular weight excluding hydrogens is 276 g/mol. The molecule has 0 aromatic heterocycles. The molecular formula is C13H20N4O4. The Kier molecular flexibility index (Phi) is 4.44. The van der Waals surface area contributed by atoms with Crippen molar-refractivity contribution in [3.63, 3.8) is 0 Å². The summed E-state index contributed by atoms with van der Waals surface area (Å²) in [5.41, 5.74) is 0. The van der Waals surface area contributed by atoms with Crippen LogP contribution in [-0.2, 0) is 19.2 Å². The predicted octanol–water partition coefficient (Wildman–Crippen LogP) is -1.88. The number of nitrogens with one attached hydrogen (secondary N) is 3. The van der Waals surface area contributed by atoms with Crippen LogP contribution in [0, 0.1) is 0 Å². The number of carbonyl (C=O) groups excluding carboxylic acids is 4. The molecule has 2 aliphatic heterocycles. The van der Waals surface area contributed by atoms with E-state index in [9.17, 15) is 19.2 Å². The second-order valence-electron chi connectivity index (χ2n) is 5.57. The van der Waals surface area contributed by atoms with E-state index >= 15 is 0 Å². The van der Waals surface area contributed by atoms with Crippen LogP contribution in [0.3, 0.4) is 0 Å². The number of rotatable bonds is 3. The third-order valence-electron chi connectivity index (χ3n) is 3.51. The van der Waals surface area contributed by atoms with Crippen molar-refractivity contribution in [1.29, 1.82) is 0 Å². The van der Waals surface area contributed by atoms with Crippen molar-refractivity contribution in [2.75, 3.05) is 13.1 Å². The van der Waals surface area contributed by atoms with Crippen LogP contribution < -0.4 is 16.0 Å². The van der Waals surface area contributed by atoms with Crippen LogP contribution in [0.15, 0.2) is 0 Å². The average molecular weight is 296 g/mol. The van der Waals surface area contributed by atoms with Crippen molar-refractivity contribution in [2.45, 2.75) is 44.8 Å². The Bertz CT molecular complexity index is 477. The highest BCUT2D eigenvalue weighted by atomic mass is 16.2. The van der Waals surface area contributed by atoms with E-state index in [4.69, 9.17) is 0 Å². The van der Waals surface area contributed by atoms with E-state index in [1.807, 2.05) is 13.8 Å². The largest absolute Gasteiger partial charge is 0.352 e. The summed E-state index contributed by atoms with van der Waals surface area (Å²) >= 11 is 0. The quantitative estimate of drug-likeness (QED) is 0.530. The van der Waals surface area contributed by atoms with Gasteiger partial charge in [0.2, 0.25) is 11.8 Å². The van der Waals surface area contributed by atoms with Gasteiger partial charge in [-0.2, -0.15) is 0 Å². The molecule has 0 aliphatic carbocycles. The zero-order valence-electron chi connectivity index (χ0n) is 12.1. The van der Waals surface area contributed by atoms with Crippen LogP contribution >= 0.6 is 0 Å². The van der Waals surface area contributed by atoms with Gasteiger partial charge in [0, 0.05) is 12.6 Å². The smallest absolute Gasteiger partial charge is 0.255 e. The highest BCUT2D eigenvalue weighted by Gasteiger charge is 2.41. The molecule has 8 nitrogen and oxygen atoms in total. The van der Waals surface area contributed by atoms with E-state index in [2.05, 4.69) is 16.0 Å². The van der Waals surface area contributed by atoms with Gasteiger partial charge in [-0.1, -0.05) is 0 Å². The first-order valence-electron chi connectivity index (χ1n) is 7.08. The summed E-state index contributed by atoms with van der Waals surface area (Å²) in [6.07, 6.45) is 1.26. The second-order valence-corrected chi connectivity index (χ2v) is 5.57. The van der Waals surface area contributed by atoms with E-state index < -0.39 is 29.8 Å². The van der Waals surface area contributed by atoms with Crippen LogP contribution in [0.5, 0.6) is 0 Å². The highest BCUT2D eigenvalue weighted by Crippen LogP contribution is 2.19. The first-order valence-corrected chi connectivity index (χ1v) is 7.08. The summed E-state index contributed by atoms with van der Waals surface area (Å²) in [6, 6.07) is -1.84. The maximum atomic E-state index is 12.4. The molecule has 2 fully saturated rings. The van der Waals surface area contributed by atoms with E-state index in [0.717, 1.165) is 0 Å². The number of hydrogen-bond acceptors (Lipinski definition) is 4. The molecule has 0 radical (unpaired) electrons. The number of likely N-dealkylation sites (tertiary alicyclic amines) is 1. The molecule has 3 N–H and O–H groups in total. The van der Waals surface area contributed by atoms with Crippen molar-refractivity contribution in [3.8, 4) is 0 Å². The summed E-state index contributed by atoms with van der Waals surface area (Å²) in [5, 5.41) is 7.50. The van der Waals surface area contributed by atoms with Gasteiger partial charge >= 0.3 is 0 Å². The first kappa shape index (κ1) is 15.3. The molecule has 2 aliphatic rings. The Hall–Kier alpha value is -2.12. The van der Waals surface area contributed by atoms with Gasteiger partial charge < -0.3 is 20.9 Å². The van der Waals surface area contributed by atoms with Gasteiger partial charge in [-0.3, -0.25) is 19.2 Å². The Morgan fingerprint density at radius 1 is 1.33 bits per heavy atom. The van der Waals surface area contributed by atoms with Gasteiger partial charge in [0.25, 0.3) is 11.8 Å². The van der Waals surface area contributed by atoms with Crippen molar-refractivity contribution < 1.29 is 19.2 Å². The monoisotopic (exact) mass is 296 g/mol. The maximum absolute atomic E-state index is 12.4. The molecule has 2 heterocycles. The summed E-state index contributed by atoms with van der Waals surface area (Å²) in [6.45, 7) is 3.97. The summed E-state index contributed by atoms with van der Waals surface area (Å²) in [4.78, 5) is 49.0. The zero-order valence-corrected chi connectivity index (χ0v) is 12.1. The lowest BCUT2D eigenvalue weighted by molar-refractivity contribution is -0.147. The molecule has 0 unspecified atom stereocenters. The van der Waals surface area contributed by atoms with E-state index in [-0.39, 0.29) is 18.5 Å². The van der Waals surface area contributed by atoms with Crippen LogP contribution in [0.25, 0.3) is 0 Å². The topological polar surface area (TPSA) is 108 Å². The molecule has 21 heavy (non-hydrogen) atoms. The van der Waals surface area contributed by atoms with E-state index in [1.165, 1.54) is 4.90 Å². The van der Waals surface area contributed by atoms with Crippen LogP contribution in [-0.4, -0.2) is 59.7 Å². The lowest BCUT2D eigenvalue weighted by Crippen LogP contribution is -2.63. The predicted molar refractivity (Wildman–Crippen MR) is 73.0 cm³/mol. The highest BCUT2D eigenvalue weighted by molar-refractivity contribution is 6.10. The summed E-state index contributed by atoms with van der Waals surface area (Å²) < 4.78 is 0. The van der Waals surface area contributed by atoms with Crippen LogP contribution in [0.1, 0.15) is 26.7 Å². The minimum Gasteiger partial charge on any atom is -0.352 e. The average Bonchev–Trinajstić information content (AvgIpc) is 2.89. The minimum absolute atomic E-state index is 0.0206. The Morgan fingerprint density at radius 2 is 2.05 bits per heavy atom. The Labute approximate surface area is 122 Å². The van der Waals surface area contributed by atoms with Crippen molar-refractivity contribution in [2.24, 2.45) is 0 Å². The fourth-order valence-electron chi connectivity index (χ4n) is 2.57. The second kappa shape index (κ2) is 6.11. The van der Waals surface area contributed by atoms with Crippen molar-refractivity contribution in [3.05, 3.63) is 0 Å². The molecule has 0 spiro atoms.